The van der Waals surface area contributed by atoms with Crippen molar-refractivity contribution < 1.29 is 9.59 Å². The highest BCUT2D eigenvalue weighted by molar-refractivity contribution is 5.99. The number of nitrogens with one attached hydrogen (secondary N) is 1. The van der Waals surface area contributed by atoms with Gasteiger partial charge in [-0.25, -0.2) is 0 Å². The molecule has 2 heterocycles. The molecule has 2 atom stereocenters. The van der Waals surface area contributed by atoms with E-state index in [-0.39, 0.29) is 23.1 Å². The van der Waals surface area contributed by atoms with Gasteiger partial charge in [0.15, 0.2) is 0 Å². The van der Waals surface area contributed by atoms with Crippen molar-refractivity contribution in [1.82, 2.24) is 10.2 Å². The van der Waals surface area contributed by atoms with Crippen LogP contribution in [-0.4, -0.2) is 36.3 Å². The average molecular weight is 292 g/mol. The molecule has 4 nitrogen and oxygen atoms in total. The minimum Gasteiger partial charge on any atom is -0.304 e. The molecule has 0 bridgehead atoms. The Balaban J connectivity index is 1.86. The fourth-order valence-corrected chi connectivity index (χ4v) is 5.05. The molecule has 118 valence electrons. The van der Waals surface area contributed by atoms with E-state index in [9.17, 15) is 9.59 Å². The van der Waals surface area contributed by atoms with Crippen molar-refractivity contribution in [3.63, 3.8) is 0 Å². The van der Waals surface area contributed by atoms with Gasteiger partial charge in [0, 0.05) is 12.3 Å². The van der Waals surface area contributed by atoms with E-state index in [1.807, 2.05) is 0 Å². The van der Waals surface area contributed by atoms with Gasteiger partial charge in [-0.2, -0.15) is 0 Å². The molecule has 0 aromatic rings. The molecule has 2 saturated heterocycles. The fourth-order valence-electron chi connectivity index (χ4n) is 5.05. The monoisotopic (exact) mass is 292 g/mol. The number of rotatable bonds is 2. The lowest BCUT2D eigenvalue weighted by molar-refractivity contribution is -0.147. The highest BCUT2D eigenvalue weighted by Gasteiger charge is 2.51. The quantitative estimate of drug-likeness (QED) is 0.795. The Morgan fingerprint density at radius 2 is 1.90 bits per heavy atom. The van der Waals surface area contributed by atoms with E-state index >= 15 is 0 Å². The SMILES string of the molecule is CCN1CCCC2(CC1)CC(=O)NC(=O)C2C1CCCC1. The van der Waals surface area contributed by atoms with E-state index in [2.05, 4.69) is 17.1 Å². The normalized spacial score (nSPS) is 36.0. The Morgan fingerprint density at radius 3 is 2.62 bits per heavy atom. The van der Waals surface area contributed by atoms with E-state index in [1.54, 1.807) is 0 Å². The van der Waals surface area contributed by atoms with Gasteiger partial charge in [0.2, 0.25) is 11.8 Å². The summed E-state index contributed by atoms with van der Waals surface area (Å²) in [5.74, 6) is 0.572. The Hall–Kier alpha value is -0.900. The second-order valence-electron chi connectivity index (χ2n) is 7.26. The molecule has 0 radical (unpaired) electrons. The first-order valence-electron chi connectivity index (χ1n) is 8.71. The lowest BCUT2D eigenvalue weighted by atomic mass is 9.61. The third-order valence-electron chi connectivity index (χ3n) is 6.11. The highest BCUT2D eigenvalue weighted by atomic mass is 16.2. The van der Waals surface area contributed by atoms with Crippen LogP contribution in [0.1, 0.15) is 58.3 Å². The number of piperidine rings is 1. The maximum atomic E-state index is 12.6. The first kappa shape index (κ1) is 15.0. The van der Waals surface area contributed by atoms with Gasteiger partial charge in [-0.05, 0) is 63.1 Å². The predicted molar refractivity (Wildman–Crippen MR) is 81.6 cm³/mol. The molecule has 2 unspecified atom stereocenters. The molecule has 3 rings (SSSR count). The van der Waals surface area contributed by atoms with Gasteiger partial charge >= 0.3 is 0 Å². The maximum Gasteiger partial charge on any atom is 0.230 e. The van der Waals surface area contributed by atoms with Crippen molar-refractivity contribution in [3.8, 4) is 0 Å². The minimum atomic E-state index is -0.0572. The standard InChI is InChI=1S/C17H28N2O2/c1-2-19-10-5-8-17(9-11-19)12-14(20)18-16(21)15(17)13-6-3-4-7-13/h13,15H,2-12H2,1H3,(H,18,20,21). The molecule has 3 fully saturated rings. The summed E-state index contributed by atoms with van der Waals surface area (Å²) in [6.07, 6.45) is 8.59. The molecular weight excluding hydrogens is 264 g/mol. The molecule has 1 saturated carbocycles. The van der Waals surface area contributed by atoms with Crippen LogP contribution in [0.25, 0.3) is 0 Å². The second kappa shape index (κ2) is 6.07. The Labute approximate surface area is 127 Å². The number of carbonyl (C=O) groups is 2. The van der Waals surface area contributed by atoms with Crippen LogP contribution >= 0.6 is 0 Å². The zero-order chi connectivity index (χ0) is 14.9. The van der Waals surface area contributed by atoms with Crippen LogP contribution in [-0.2, 0) is 9.59 Å². The van der Waals surface area contributed by atoms with Gasteiger partial charge in [-0.1, -0.05) is 19.8 Å². The number of nitrogens with zero attached hydrogens (tertiary/aromatic N) is 1. The van der Waals surface area contributed by atoms with Crippen LogP contribution in [0, 0.1) is 17.3 Å². The van der Waals surface area contributed by atoms with Gasteiger partial charge in [0.1, 0.15) is 0 Å². The summed E-state index contributed by atoms with van der Waals surface area (Å²) in [6, 6.07) is 0. The molecule has 3 aliphatic rings. The van der Waals surface area contributed by atoms with E-state index in [1.165, 1.54) is 25.7 Å². The minimum absolute atomic E-state index is 0.0306. The molecule has 0 aromatic carbocycles. The second-order valence-corrected chi connectivity index (χ2v) is 7.26. The lowest BCUT2D eigenvalue weighted by Gasteiger charge is -2.45. The summed E-state index contributed by atoms with van der Waals surface area (Å²) in [5.41, 5.74) is -0.0572. The summed E-state index contributed by atoms with van der Waals surface area (Å²) >= 11 is 0. The van der Waals surface area contributed by atoms with E-state index in [4.69, 9.17) is 0 Å². The van der Waals surface area contributed by atoms with Crippen molar-refractivity contribution in [2.45, 2.75) is 58.3 Å². The first-order valence-corrected chi connectivity index (χ1v) is 8.71. The maximum absolute atomic E-state index is 12.6. The zero-order valence-corrected chi connectivity index (χ0v) is 13.2. The third kappa shape index (κ3) is 2.87. The molecule has 1 N–H and O–H groups in total. The molecule has 1 spiro atoms. The average Bonchev–Trinajstić information content (AvgIpc) is 2.87. The summed E-state index contributed by atoms with van der Waals surface area (Å²) in [5, 5.41) is 2.63. The number of imide groups is 1. The molecule has 21 heavy (non-hydrogen) atoms. The number of carbonyl (C=O) groups excluding carboxylic acids is 2. The third-order valence-corrected chi connectivity index (χ3v) is 6.11. The number of likely N-dealkylation sites (tertiary alicyclic amines) is 1. The largest absolute Gasteiger partial charge is 0.304 e. The van der Waals surface area contributed by atoms with Gasteiger partial charge in [-0.3, -0.25) is 14.9 Å². The van der Waals surface area contributed by atoms with Crippen molar-refractivity contribution in [1.29, 1.82) is 0 Å². The van der Waals surface area contributed by atoms with Gasteiger partial charge in [-0.15, -0.1) is 0 Å². The van der Waals surface area contributed by atoms with E-state index in [0.717, 1.165) is 38.9 Å². The van der Waals surface area contributed by atoms with Crippen molar-refractivity contribution >= 4 is 11.8 Å². The van der Waals surface area contributed by atoms with Gasteiger partial charge < -0.3 is 4.90 Å². The predicted octanol–water partition coefficient (Wildman–Crippen LogP) is 2.33. The summed E-state index contributed by atoms with van der Waals surface area (Å²) in [4.78, 5) is 27.1. The zero-order valence-electron chi connectivity index (χ0n) is 13.2. The topological polar surface area (TPSA) is 49.4 Å². The van der Waals surface area contributed by atoms with Crippen LogP contribution in [0.4, 0.5) is 0 Å². The highest BCUT2D eigenvalue weighted by Crippen LogP contribution is 2.50. The molecule has 2 aliphatic heterocycles. The Morgan fingerprint density at radius 1 is 1.14 bits per heavy atom. The van der Waals surface area contributed by atoms with Crippen LogP contribution < -0.4 is 5.32 Å². The van der Waals surface area contributed by atoms with Gasteiger partial charge in [0.05, 0.1) is 0 Å². The summed E-state index contributed by atoms with van der Waals surface area (Å²) in [6.45, 7) is 5.43. The molecule has 0 aromatic heterocycles. The fraction of sp³-hybridized carbons (Fsp3) is 0.882. The van der Waals surface area contributed by atoms with E-state index in [0.29, 0.717) is 12.3 Å². The lowest BCUT2D eigenvalue weighted by Crippen LogP contribution is -2.54. The molecule has 2 amide bonds. The summed E-state index contributed by atoms with van der Waals surface area (Å²) in [7, 11) is 0. The first-order chi connectivity index (χ1) is 10.1. The molecule has 4 heteroatoms. The Kier molecular flexibility index (Phi) is 4.34. The van der Waals surface area contributed by atoms with Crippen molar-refractivity contribution in [2.24, 2.45) is 17.3 Å². The smallest absolute Gasteiger partial charge is 0.230 e. The summed E-state index contributed by atoms with van der Waals surface area (Å²) < 4.78 is 0. The van der Waals surface area contributed by atoms with E-state index < -0.39 is 0 Å². The van der Waals surface area contributed by atoms with Crippen LogP contribution in [0.15, 0.2) is 0 Å². The van der Waals surface area contributed by atoms with Crippen LogP contribution in [0.3, 0.4) is 0 Å². The van der Waals surface area contributed by atoms with Crippen molar-refractivity contribution in [2.75, 3.05) is 19.6 Å². The molecular formula is C17H28N2O2. The number of amides is 2. The number of hydrogen-bond acceptors (Lipinski definition) is 3. The van der Waals surface area contributed by atoms with Crippen LogP contribution in [0.2, 0.25) is 0 Å². The van der Waals surface area contributed by atoms with Gasteiger partial charge in [0.25, 0.3) is 0 Å². The Bertz CT molecular complexity index is 417. The number of hydrogen-bond donors (Lipinski definition) is 1. The van der Waals surface area contributed by atoms with Crippen molar-refractivity contribution in [3.05, 3.63) is 0 Å². The molecule has 1 aliphatic carbocycles. The van der Waals surface area contributed by atoms with Crippen LogP contribution in [0.5, 0.6) is 0 Å².